The fraction of sp³-hybridized carbons (Fsp3) is 0.273. The third-order valence-electron chi connectivity index (χ3n) is 5.62. The van der Waals surface area contributed by atoms with Gasteiger partial charge in [0.2, 0.25) is 5.91 Å². The van der Waals surface area contributed by atoms with Crippen LogP contribution in [0.25, 0.3) is 16.2 Å². The number of carbonyl (C=O) groups is 1. The molecule has 1 fully saturated rings. The molecule has 0 spiro atoms. The Hall–Kier alpha value is -3.46. The molecule has 1 aliphatic heterocycles. The van der Waals surface area contributed by atoms with Crippen molar-refractivity contribution in [1.29, 1.82) is 0 Å². The number of rotatable bonds is 4. The van der Waals surface area contributed by atoms with Gasteiger partial charge in [-0.2, -0.15) is 5.10 Å². The molecular formula is C22H22N6O2S. The minimum absolute atomic E-state index is 0.0111. The van der Waals surface area contributed by atoms with E-state index >= 15 is 0 Å². The zero-order chi connectivity index (χ0) is 21.4. The van der Waals surface area contributed by atoms with Gasteiger partial charge >= 0.3 is 0 Å². The lowest BCUT2D eigenvalue weighted by Crippen LogP contribution is -2.41. The normalized spacial score (nSPS) is 16.5. The van der Waals surface area contributed by atoms with E-state index < -0.39 is 0 Å². The topological polar surface area (TPSA) is 84.5 Å². The van der Waals surface area contributed by atoms with Crippen molar-refractivity contribution in [2.75, 3.05) is 23.3 Å². The van der Waals surface area contributed by atoms with Crippen LogP contribution in [-0.2, 0) is 11.8 Å². The number of para-hydroxylation sites is 1. The molecular weight excluding hydrogens is 412 g/mol. The summed E-state index contributed by atoms with van der Waals surface area (Å²) in [4.78, 5) is 32.4. The molecule has 5 rings (SSSR count). The number of amides is 1. The van der Waals surface area contributed by atoms with Gasteiger partial charge in [-0.3, -0.25) is 14.0 Å². The summed E-state index contributed by atoms with van der Waals surface area (Å²) in [5, 5.41) is 9.45. The van der Waals surface area contributed by atoms with Crippen molar-refractivity contribution < 1.29 is 4.79 Å². The lowest BCUT2D eigenvalue weighted by atomic mass is 9.96. The Balaban J connectivity index is 1.35. The summed E-state index contributed by atoms with van der Waals surface area (Å²) in [6.45, 7) is 1.39. The van der Waals surface area contributed by atoms with Gasteiger partial charge in [0.25, 0.3) is 5.56 Å². The summed E-state index contributed by atoms with van der Waals surface area (Å²) in [6.07, 6.45) is 5.66. The fourth-order valence-corrected chi connectivity index (χ4v) is 4.67. The van der Waals surface area contributed by atoms with Crippen LogP contribution in [-0.4, -0.2) is 38.2 Å². The Morgan fingerprint density at radius 1 is 1.23 bits per heavy atom. The van der Waals surface area contributed by atoms with Gasteiger partial charge < -0.3 is 10.2 Å². The van der Waals surface area contributed by atoms with Crippen LogP contribution in [0.2, 0.25) is 0 Å². The molecule has 0 radical (unpaired) electrons. The molecule has 31 heavy (non-hydrogen) atoms. The van der Waals surface area contributed by atoms with E-state index in [-0.39, 0.29) is 17.4 Å². The van der Waals surface area contributed by atoms with E-state index in [1.54, 1.807) is 24.5 Å². The molecule has 1 amide bonds. The molecule has 9 heteroatoms. The van der Waals surface area contributed by atoms with E-state index in [4.69, 9.17) is 0 Å². The first-order chi connectivity index (χ1) is 15.1. The number of thiazole rings is 1. The Labute approximate surface area is 182 Å². The fourth-order valence-electron chi connectivity index (χ4n) is 3.97. The molecule has 8 nitrogen and oxygen atoms in total. The molecule has 1 N–H and O–H groups in total. The van der Waals surface area contributed by atoms with Crippen LogP contribution in [0.1, 0.15) is 12.8 Å². The van der Waals surface area contributed by atoms with Crippen molar-refractivity contribution >= 4 is 33.7 Å². The van der Waals surface area contributed by atoms with Crippen molar-refractivity contribution in [2.45, 2.75) is 12.8 Å². The van der Waals surface area contributed by atoms with Gasteiger partial charge in [-0.15, -0.1) is 11.3 Å². The molecule has 1 atom stereocenters. The highest BCUT2D eigenvalue weighted by Gasteiger charge is 2.27. The number of hydrogen-bond donors (Lipinski definition) is 1. The van der Waals surface area contributed by atoms with Gasteiger partial charge in [0, 0.05) is 49.5 Å². The summed E-state index contributed by atoms with van der Waals surface area (Å²) in [6, 6.07) is 11.0. The Morgan fingerprint density at radius 2 is 2.10 bits per heavy atom. The summed E-state index contributed by atoms with van der Waals surface area (Å²) in [7, 11) is 1.64. The van der Waals surface area contributed by atoms with E-state index in [0.717, 1.165) is 47.1 Å². The predicted octanol–water partition coefficient (Wildman–Crippen LogP) is 3.01. The molecule has 3 aromatic heterocycles. The molecule has 0 aliphatic carbocycles. The Kier molecular flexibility index (Phi) is 5.03. The van der Waals surface area contributed by atoms with E-state index in [2.05, 4.69) is 20.3 Å². The van der Waals surface area contributed by atoms with Crippen LogP contribution in [0.5, 0.6) is 0 Å². The Morgan fingerprint density at radius 3 is 2.94 bits per heavy atom. The van der Waals surface area contributed by atoms with Crippen LogP contribution in [0, 0.1) is 5.92 Å². The second kappa shape index (κ2) is 7.99. The highest BCUT2D eigenvalue weighted by molar-refractivity contribution is 7.15. The number of fused-ring (bicyclic) bond motifs is 1. The van der Waals surface area contributed by atoms with Crippen molar-refractivity contribution in [3.8, 4) is 11.3 Å². The first-order valence-corrected chi connectivity index (χ1v) is 11.1. The second-order valence-electron chi connectivity index (χ2n) is 7.69. The van der Waals surface area contributed by atoms with Crippen LogP contribution < -0.4 is 15.8 Å². The number of aromatic nitrogens is 4. The molecule has 1 unspecified atom stereocenters. The van der Waals surface area contributed by atoms with Crippen molar-refractivity contribution in [1.82, 2.24) is 19.2 Å². The van der Waals surface area contributed by atoms with Crippen molar-refractivity contribution in [3.05, 3.63) is 64.5 Å². The largest absolute Gasteiger partial charge is 0.354 e. The number of anilines is 2. The maximum absolute atomic E-state index is 13.1. The summed E-state index contributed by atoms with van der Waals surface area (Å²) >= 11 is 1.58. The molecule has 158 valence electrons. The number of nitrogens with zero attached hydrogens (tertiary/aromatic N) is 5. The predicted molar refractivity (Wildman–Crippen MR) is 122 cm³/mol. The van der Waals surface area contributed by atoms with Crippen LogP contribution in [0.3, 0.4) is 0 Å². The highest BCUT2D eigenvalue weighted by Crippen LogP contribution is 2.30. The standard InChI is InChI=1S/C22H22N6O2S/c1-26-20(29)9-8-19(25-26)27-10-4-5-15(13-27)21(30)23-17-7-3-2-6-16(17)18-14-28-11-12-31-22(28)24-18/h2-3,6-9,11-12,14-15H,4-5,10,13H2,1H3,(H,23,30). The van der Waals surface area contributed by atoms with Crippen molar-refractivity contribution in [3.63, 3.8) is 0 Å². The van der Waals surface area contributed by atoms with Crippen LogP contribution in [0.15, 0.2) is 59.0 Å². The first-order valence-electron chi connectivity index (χ1n) is 10.2. The molecule has 1 aromatic carbocycles. The van der Waals surface area contributed by atoms with Crippen LogP contribution in [0.4, 0.5) is 11.5 Å². The van der Waals surface area contributed by atoms with E-state index in [1.165, 1.54) is 10.7 Å². The first kappa shape index (κ1) is 19.5. The number of hydrogen-bond acceptors (Lipinski definition) is 6. The van der Waals surface area contributed by atoms with E-state index in [0.29, 0.717) is 6.54 Å². The number of piperidine rings is 1. The van der Waals surface area contributed by atoms with Gasteiger partial charge in [-0.05, 0) is 25.0 Å². The monoisotopic (exact) mass is 434 g/mol. The number of carbonyl (C=O) groups excluding carboxylic acids is 1. The highest BCUT2D eigenvalue weighted by atomic mass is 32.1. The maximum Gasteiger partial charge on any atom is 0.266 e. The van der Waals surface area contributed by atoms with Gasteiger partial charge in [-0.25, -0.2) is 9.67 Å². The average molecular weight is 435 g/mol. The molecule has 1 saturated heterocycles. The van der Waals surface area contributed by atoms with Gasteiger partial charge in [0.15, 0.2) is 4.96 Å². The smallest absolute Gasteiger partial charge is 0.266 e. The zero-order valence-corrected chi connectivity index (χ0v) is 17.9. The van der Waals surface area contributed by atoms with Gasteiger partial charge in [0.1, 0.15) is 5.82 Å². The molecule has 4 heterocycles. The lowest BCUT2D eigenvalue weighted by molar-refractivity contribution is -0.120. The van der Waals surface area contributed by atoms with Gasteiger partial charge in [-0.1, -0.05) is 18.2 Å². The average Bonchev–Trinajstić information content (AvgIpc) is 3.38. The number of imidazole rings is 1. The summed E-state index contributed by atoms with van der Waals surface area (Å²) < 4.78 is 3.31. The number of nitrogens with one attached hydrogen (secondary N) is 1. The molecule has 1 aliphatic rings. The quantitative estimate of drug-likeness (QED) is 0.534. The summed E-state index contributed by atoms with van der Waals surface area (Å²) in [5.74, 6) is 0.549. The Bertz CT molecular complexity index is 1280. The molecule has 4 aromatic rings. The second-order valence-corrected chi connectivity index (χ2v) is 8.57. The van der Waals surface area contributed by atoms with Crippen molar-refractivity contribution in [2.24, 2.45) is 13.0 Å². The van der Waals surface area contributed by atoms with Crippen LogP contribution >= 0.6 is 11.3 Å². The number of aryl methyl sites for hydroxylation is 1. The third-order valence-corrected chi connectivity index (χ3v) is 6.39. The molecule has 0 bridgehead atoms. The minimum atomic E-state index is -0.161. The minimum Gasteiger partial charge on any atom is -0.354 e. The SMILES string of the molecule is Cn1nc(N2CCCC(C(=O)Nc3ccccc3-c3cn4ccsc4n3)C2)ccc1=O. The zero-order valence-electron chi connectivity index (χ0n) is 17.1. The number of benzene rings is 1. The van der Waals surface area contributed by atoms with E-state index in [1.807, 2.05) is 46.4 Å². The van der Waals surface area contributed by atoms with Gasteiger partial charge in [0.05, 0.1) is 17.3 Å². The summed E-state index contributed by atoms with van der Waals surface area (Å²) in [5.41, 5.74) is 2.35. The molecule has 0 saturated carbocycles. The lowest BCUT2D eigenvalue weighted by Gasteiger charge is -2.32. The van der Waals surface area contributed by atoms with E-state index in [9.17, 15) is 9.59 Å². The third kappa shape index (κ3) is 3.84. The maximum atomic E-state index is 13.1.